The molecule has 0 fully saturated rings. The predicted octanol–water partition coefficient (Wildman–Crippen LogP) is 1.88. The fourth-order valence-electron chi connectivity index (χ4n) is 1.22. The largest absolute Gasteiger partial charge is 0.463 e. The van der Waals surface area contributed by atoms with E-state index in [0.29, 0.717) is 6.61 Å². The van der Waals surface area contributed by atoms with Crippen molar-refractivity contribution in [2.45, 2.75) is 19.4 Å². The number of carbonyl (C=O) groups is 1. The van der Waals surface area contributed by atoms with E-state index in [0.717, 1.165) is 5.57 Å². The Bertz CT molecular complexity index is 373. The number of hydrogen-bond acceptors (Lipinski definition) is 3. The number of hydrogen-bond donors (Lipinski definition) is 1. The topological polar surface area (TPSA) is 52.3 Å². The third kappa shape index (κ3) is 4.28. The number of esters is 1. The Labute approximate surface area is 96.0 Å². The molecule has 16 heavy (non-hydrogen) atoms. The molecule has 0 bridgehead atoms. The minimum absolute atomic E-state index is 0.333. The lowest BCUT2D eigenvalue weighted by Gasteiger charge is -2.12. The molecule has 0 radical (unpaired) electrons. The smallest absolute Gasteiger partial charge is 0.330 e. The molecule has 0 aromatic carbocycles. The molecule has 0 aliphatic heterocycles. The highest BCUT2D eigenvalue weighted by Crippen LogP contribution is 2.12. The third-order valence-electron chi connectivity index (χ3n) is 2.08. The van der Waals surface area contributed by atoms with Crippen LogP contribution in [-0.4, -0.2) is 18.1 Å². The molecular weight excluding hydrogens is 202 g/mol. The molecular formula is C13H17NO2. The maximum absolute atomic E-state index is 11.1. The van der Waals surface area contributed by atoms with Crippen molar-refractivity contribution >= 4 is 5.97 Å². The van der Waals surface area contributed by atoms with Crippen LogP contribution in [0.1, 0.15) is 13.8 Å². The summed E-state index contributed by atoms with van der Waals surface area (Å²) in [6.45, 7) is 4.07. The maximum atomic E-state index is 11.1. The van der Waals surface area contributed by atoms with Crippen LogP contribution < -0.4 is 5.73 Å². The van der Waals surface area contributed by atoms with Crippen molar-refractivity contribution in [1.29, 1.82) is 0 Å². The van der Waals surface area contributed by atoms with Gasteiger partial charge in [0.1, 0.15) is 0 Å². The molecule has 0 amide bonds. The van der Waals surface area contributed by atoms with Crippen molar-refractivity contribution in [1.82, 2.24) is 0 Å². The zero-order valence-electron chi connectivity index (χ0n) is 9.64. The van der Waals surface area contributed by atoms with Crippen LogP contribution in [0.4, 0.5) is 0 Å². The van der Waals surface area contributed by atoms with Crippen molar-refractivity contribution in [3.8, 4) is 0 Å². The van der Waals surface area contributed by atoms with E-state index >= 15 is 0 Å². The molecule has 1 aliphatic rings. The monoisotopic (exact) mass is 219 g/mol. The van der Waals surface area contributed by atoms with E-state index < -0.39 is 5.54 Å². The number of nitrogens with two attached hydrogens (primary N) is 1. The van der Waals surface area contributed by atoms with Gasteiger partial charge in [-0.1, -0.05) is 30.4 Å². The zero-order chi connectivity index (χ0) is 12.0. The van der Waals surface area contributed by atoms with Crippen LogP contribution in [0.2, 0.25) is 0 Å². The summed E-state index contributed by atoms with van der Waals surface area (Å²) in [5.41, 5.74) is 6.40. The Morgan fingerprint density at radius 2 is 2.31 bits per heavy atom. The molecule has 86 valence electrons. The second-order valence-electron chi connectivity index (χ2n) is 3.81. The Balaban J connectivity index is 2.67. The van der Waals surface area contributed by atoms with Gasteiger partial charge in [-0.05, 0) is 25.5 Å². The van der Waals surface area contributed by atoms with Crippen LogP contribution in [0.3, 0.4) is 0 Å². The van der Waals surface area contributed by atoms with E-state index in [2.05, 4.69) is 0 Å². The first-order valence-corrected chi connectivity index (χ1v) is 5.26. The summed E-state index contributed by atoms with van der Waals surface area (Å²) < 4.78 is 4.79. The first-order valence-electron chi connectivity index (χ1n) is 5.26. The highest BCUT2D eigenvalue weighted by Gasteiger charge is 2.09. The number of ether oxygens (including phenoxy) is 1. The minimum atomic E-state index is -0.435. The van der Waals surface area contributed by atoms with Crippen LogP contribution in [0.5, 0.6) is 0 Å². The summed E-state index contributed by atoms with van der Waals surface area (Å²) in [4.78, 5) is 11.1. The van der Waals surface area contributed by atoms with Gasteiger partial charge in [-0.15, -0.1) is 0 Å². The van der Waals surface area contributed by atoms with Crippen molar-refractivity contribution < 1.29 is 9.53 Å². The van der Waals surface area contributed by atoms with E-state index in [-0.39, 0.29) is 5.97 Å². The van der Waals surface area contributed by atoms with Gasteiger partial charge >= 0.3 is 5.97 Å². The average Bonchev–Trinajstić information content (AvgIpc) is 2.37. The van der Waals surface area contributed by atoms with Gasteiger partial charge in [-0.2, -0.15) is 0 Å². The predicted molar refractivity (Wildman–Crippen MR) is 64.7 cm³/mol. The summed E-state index contributed by atoms with van der Waals surface area (Å²) >= 11 is 0. The fourth-order valence-corrected chi connectivity index (χ4v) is 1.22. The molecule has 0 aromatic heterocycles. The van der Waals surface area contributed by atoms with Gasteiger partial charge in [0.15, 0.2) is 0 Å². The van der Waals surface area contributed by atoms with Gasteiger partial charge in [0.25, 0.3) is 0 Å². The highest BCUT2D eigenvalue weighted by molar-refractivity contribution is 5.82. The zero-order valence-corrected chi connectivity index (χ0v) is 9.64. The van der Waals surface area contributed by atoms with E-state index in [4.69, 9.17) is 10.5 Å². The fraction of sp³-hybridized carbons (Fsp3) is 0.308. The maximum Gasteiger partial charge on any atom is 0.330 e. The van der Waals surface area contributed by atoms with Gasteiger partial charge in [0.2, 0.25) is 0 Å². The van der Waals surface area contributed by atoms with Crippen LogP contribution in [0.15, 0.2) is 48.1 Å². The third-order valence-corrected chi connectivity index (χ3v) is 2.08. The summed E-state index contributed by atoms with van der Waals surface area (Å²) in [5, 5.41) is 0. The molecule has 0 aromatic rings. The molecule has 3 heteroatoms. The average molecular weight is 219 g/mol. The second-order valence-corrected chi connectivity index (χ2v) is 3.81. The number of rotatable bonds is 3. The molecule has 2 N–H and O–H groups in total. The second kappa shape index (κ2) is 5.47. The molecule has 1 unspecified atom stereocenters. The molecule has 0 heterocycles. The highest BCUT2D eigenvalue weighted by atomic mass is 16.5. The molecule has 1 aliphatic carbocycles. The Kier molecular flexibility index (Phi) is 4.26. The van der Waals surface area contributed by atoms with Crippen molar-refractivity contribution in [2.75, 3.05) is 6.61 Å². The van der Waals surface area contributed by atoms with Crippen LogP contribution >= 0.6 is 0 Å². The van der Waals surface area contributed by atoms with Gasteiger partial charge < -0.3 is 10.5 Å². The van der Waals surface area contributed by atoms with Gasteiger partial charge in [-0.25, -0.2) is 4.79 Å². The lowest BCUT2D eigenvalue weighted by atomic mass is 10.0. The SMILES string of the molecule is CCOC(=O)/C=C/C1=CC=CC(C)(N)C=C1. The van der Waals surface area contributed by atoms with Gasteiger partial charge in [-0.3, -0.25) is 0 Å². The summed E-state index contributed by atoms with van der Waals surface area (Å²) in [5.74, 6) is -0.333. The van der Waals surface area contributed by atoms with Crippen molar-refractivity contribution in [3.05, 3.63) is 48.1 Å². The summed E-state index contributed by atoms with van der Waals surface area (Å²) in [7, 11) is 0. The lowest BCUT2D eigenvalue weighted by molar-refractivity contribution is -0.137. The molecule has 1 rings (SSSR count). The van der Waals surface area contributed by atoms with E-state index in [1.807, 2.05) is 37.3 Å². The number of carbonyl (C=O) groups excluding carboxylic acids is 1. The van der Waals surface area contributed by atoms with Crippen molar-refractivity contribution in [3.63, 3.8) is 0 Å². The van der Waals surface area contributed by atoms with E-state index in [9.17, 15) is 4.79 Å². The Hall–Kier alpha value is -1.61. The standard InChI is InChI=1S/C13H17NO2/c1-3-16-12(15)7-6-11-5-4-9-13(2,14)10-8-11/h4-10H,3,14H2,1-2H3/b7-6+. The first-order chi connectivity index (χ1) is 7.53. The van der Waals surface area contributed by atoms with Crippen molar-refractivity contribution in [2.24, 2.45) is 5.73 Å². The van der Waals surface area contributed by atoms with E-state index in [1.165, 1.54) is 6.08 Å². The Morgan fingerprint density at radius 3 is 3.00 bits per heavy atom. The van der Waals surface area contributed by atoms with Gasteiger partial charge in [0.05, 0.1) is 12.1 Å². The normalized spacial score (nSPS) is 24.3. The summed E-state index contributed by atoms with van der Waals surface area (Å²) in [6.07, 6.45) is 12.6. The summed E-state index contributed by atoms with van der Waals surface area (Å²) in [6, 6.07) is 0. The number of allylic oxidation sites excluding steroid dienone is 5. The van der Waals surface area contributed by atoms with Crippen LogP contribution in [0.25, 0.3) is 0 Å². The molecule has 1 atom stereocenters. The molecule has 0 saturated heterocycles. The quantitative estimate of drug-likeness (QED) is 0.582. The minimum Gasteiger partial charge on any atom is -0.463 e. The van der Waals surface area contributed by atoms with Crippen LogP contribution in [0, 0.1) is 0 Å². The van der Waals surface area contributed by atoms with Gasteiger partial charge in [0, 0.05) is 6.08 Å². The molecule has 0 saturated carbocycles. The first kappa shape index (κ1) is 12.5. The van der Waals surface area contributed by atoms with E-state index in [1.54, 1.807) is 13.0 Å². The Morgan fingerprint density at radius 1 is 1.56 bits per heavy atom. The lowest BCUT2D eigenvalue weighted by Crippen LogP contribution is -2.30. The van der Waals surface area contributed by atoms with Crippen LogP contribution in [-0.2, 0) is 9.53 Å². The molecule has 3 nitrogen and oxygen atoms in total. The molecule has 0 spiro atoms.